The summed E-state index contributed by atoms with van der Waals surface area (Å²) in [7, 11) is 0. The second-order valence-electron chi connectivity index (χ2n) is 9.28. The fourth-order valence-corrected chi connectivity index (χ4v) is 6.10. The molecule has 34 heavy (non-hydrogen) atoms. The second kappa shape index (κ2) is 7.08. The molecule has 1 atom stereocenters. The summed E-state index contributed by atoms with van der Waals surface area (Å²) in [5.74, 6) is 0. The normalized spacial score (nSPS) is 17.2. The topological polar surface area (TPSA) is 0 Å². The molecule has 0 saturated heterocycles. The Hall–Kier alpha value is -4.34. The molecule has 0 bridgehead atoms. The summed E-state index contributed by atoms with van der Waals surface area (Å²) in [5, 5.41) is 0. The summed E-state index contributed by atoms with van der Waals surface area (Å²) >= 11 is 0. The van der Waals surface area contributed by atoms with E-state index in [0.29, 0.717) is 0 Å². The number of benzene rings is 4. The van der Waals surface area contributed by atoms with Crippen LogP contribution in [0.2, 0.25) is 0 Å². The van der Waals surface area contributed by atoms with Crippen LogP contribution in [0.1, 0.15) is 33.4 Å². The maximum Gasteiger partial charge on any atom is 0.0589 e. The number of hydrogen-bond donors (Lipinski definition) is 0. The third-order valence-corrected chi connectivity index (χ3v) is 7.61. The quantitative estimate of drug-likeness (QED) is 0.254. The first-order chi connectivity index (χ1) is 16.8. The molecule has 1 unspecified atom stereocenters. The van der Waals surface area contributed by atoms with Gasteiger partial charge in [0.05, 0.1) is 5.41 Å². The van der Waals surface area contributed by atoms with Gasteiger partial charge in [-0.2, -0.15) is 0 Å². The molecule has 0 N–H and O–H groups in total. The highest BCUT2D eigenvalue weighted by Gasteiger charge is 2.48. The van der Waals surface area contributed by atoms with Gasteiger partial charge in [0.2, 0.25) is 0 Å². The van der Waals surface area contributed by atoms with E-state index in [1.54, 1.807) is 0 Å². The first-order valence-corrected chi connectivity index (χ1v) is 11.8. The minimum absolute atomic E-state index is 0.348. The Morgan fingerprint density at radius 2 is 1.38 bits per heavy atom. The summed E-state index contributed by atoms with van der Waals surface area (Å²) in [5.41, 5.74) is 13.4. The molecule has 7 rings (SSSR count). The fraction of sp³-hybridized carbons (Fsp3) is 0.0588. The standard InChI is InChI=1S/C34H22/c1-23-27-14-6-5-13-26(27)22-34(31-17-9-7-15-28(23)31)32-18-10-8-16-29(32)30-20-19-25(21-33(30)34)24-11-3-2-4-12-24/h2-9,11-17,19-21H,1,22H2. The van der Waals surface area contributed by atoms with Crippen molar-refractivity contribution in [2.75, 3.05) is 0 Å². The van der Waals surface area contributed by atoms with Gasteiger partial charge in [-0.3, -0.25) is 0 Å². The largest absolute Gasteiger partial charge is 0.0905 e. The molecule has 0 nitrogen and oxygen atoms in total. The molecule has 5 aromatic rings. The smallest absolute Gasteiger partial charge is 0.0589 e. The Balaban J connectivity index is 1.61. The Morgan fingerprint density at radius 1 is 0.618 bits per heavy atom. The van der Waals surface area contributed by atoms with Crippen LogP contribution in [0.5, 0.6) is 0 Å². The molecule has 5 aromatic carbocycles. The lowest BCUT2D eigenvalue weighted by Crippen LogP contribution is -2.30. The molecule has 0 fully saturated rings. The summed E-state index contributed by atoms with van der Waals surface area (Å²) in [6, 6.07) is 46.2. The van der Waals surface area contributed by atoms with Gasteiger partial charge >= 0.3 is 0 Å². The monoisotopic (exact) mass is 430 g/mol. The molecule has 2 aliphatic rings. The number of fused-ring (bicyclic) bond motifs is 8. The van der Waals surface area contributed by atoms with Gasteiger partial charge in [0.1, 0.15) is 0 Å². The van der Waals surface area contributed by atoms with E-state index in [4.69, 9.17) is 0 Å². The SMILES string of the molecule is C=C1c2ccccc2CC2(c3c#cccc3-c3ccc(-c4ccccc4)cc32)c2ccccc21. The highest BCUT2D eigenvalue weighted by atomic mass is 14.5. The third-order valence-electron chi connectivity index (χ3n) is 7.61. The van der Waals surface area contributed by atoms with Crippen LogP contribution in [0.25, 0.3) is 27.8 Å². The van der Waals surface area contributed by atoms with Crippen LogP contribution in [-0.2, 0) is 11.8 Å². The van der Waals surface area contributed by atoms with Gasteiger partial charge in [-0.05, 0) is 80.3 Å². The lowest BCUT2D eigenvalue weighted by Gasteiger charge is -2.32. The zero-order chi connectivity index (χ0) is 22.7. The van der Waals surface area contributed by atoms with E-state index in [1.807, 2.05) is 6.07 Å². The minimum atomic E-state index is -0.348. The van der Waals surface area contributed by atoms with E-state index in [0.717, 1.165) is 12.0 Å². The van der Waals surface area contributed by atoms with Crippen LogP contribution < -0.4 is 0 Å². The molecule has 1 spiro atoms. The van der Waals surface area contributed by atoms with Crippen molar-refractivity contribution < 1.29 is 0 Å². The molecule has 0 amide bonds. The van der Waals surface area contributed by atoms with Crippen LogP contribution in [0.3, 0.4) is 0 Å². The molecule has 0 saturated carbocycles. The van der Waals surface area contributed by atoms with Gasteiger partial charge in [0, 0.05) is 5.56 Å². The van der Waals surface area contributed by atoms with Crippen molar-refractivity contribution in [2.24, 2.45) is 0 Å². The van der Waals surface area contributed by atoms with Crippen molar-refractivity contribution in [2.45, 2.75) is 11.8 Å². The number of hydrogen-bond acceptors (Lipinski definition) is 0. The van der Waals surface area contributed by atoms with Gasteiger partial charge in [-0.1, -0.05) is 110 Å². The Kier molecular flexibility index (Phi) is 3.99. The van der Waals surface area contributed by atoms with E-state index in [2.05, 4.69) is 122 Å². The highest BCUT2D eigenvalue weighted by molar-refractivity contribution is 5.91. The first kappa shape index (κ1) is 19.2. The van der Waals surface area contributed by atoms with E-state index >= 15 is 0 Å². The molecule has 0 aromatic heterocycles. The third kappa shape index (κ3) is 2.50. The Bertz CT molecular complexity index is 1590. The summed E-state index contributed by atoms with van der Waals surface area (Å²) in [6.45, 7) is 4.57. The van der Waals surface area contributed by atoms with Crippen molar-refractivity contribution in [3.8, 4) is 22.3 Å². The number of rotatable bonds is 1. The molecular weight excluding hydrogens is 408 g/mol. The lowest BCUT2D eigenvalue weighted by molar-refractivity contribution is 0.632. The average Bonchev–Trinajstić information content (AvgIpc) is 3.12. The van der Waals surface area contributed by atoms with Crippen molar-refractivity contribution in [1.82, 2.24) is 0 Å². The molecule has 0 radical (unpaired) electrons. The van der Waals surface area contributed by atoms with Gasteiger partial charge in [0.15, 0.2) is 0 Å². The first-order valence-electron chi connectivity index (χ1n) is 11.8. The second-order valence-corrected chi connectivity index (χ2v) is 9.28. The van der Waals surface area contributed by atoms with E-state index in [-0.39, 0.29) is 5.41 Å². The van der Waals surface area contributed by atoms with Gasteiger partial charge < -0.3 is 0 Å². The van der Waals surface area contributed by atoms with E-state index in [1.165, 1.54) is 55.6 Å². The predicted molar refractivity (Wildman–Crippen MR) is 140 cm³/mol. The summed E-state index contributed by atoms with van der Waals surface area (Å²) in [4.78, 5) is 0. The van der Waals surface area contributed by atoms with Crippen molar-refractivity contribution >= 4 is 5.57 Å². The zero-order valence-corrected chi connectivity index (χ0v) is 18.8. The summed E-state index contributed by atoms with van der Waals surface area (Å²) in [6.07, 6.45) is 0.867. The molecule has 0 heteroatoms. The minimum Gasteiger partial charge on any atom is -0.0905 e. The maximum absolute atomic E-state index is 4.57. The van der Waals surface area contributed by atoms with Crippen LogP contribution in [0, 0.1) is 12.1 Å². The molecule has 2 aliphatic carbocycles. The Morgan fingerprint density at radius 3 is 2.26 bits per heavy atom. The molecule has 0 aliphatic heterocycles. The van der Waals surface area contributed by atoms with Gasteiger partial charge in [-0.15, -0.1) is 0 Å². The highest BCUT2D eigenvalue weighted by Crippen LogP contribution is 2.57. The van der Waals surface area contributed by atoms with Gasteiger partial charge in [-0.25, -0.2) is 0 Å². The van der Waals surface area contributed by atoms with Crippen LogP contribution >= 0.6 is 0 Å². The Labute approximate surface area is 200 Å². The summed E-state index contributed by atoms with van der Waals surface area (Å²) < 4.78 is 0. The zero-order valence-electron chi connectivity index (χ0n) is 18.8. The maximum atomic E-state index is 4.57. The molecule has 158 valence electrons. The van der Waals surface area contributed by atoms with Gasteiger partial charge in [0.25, 0.3) is 0 Å². The average molecular weight is 431 g/mol. The predicted octanol–water partition coefficient (Wildman–Crippen LogP) is 7.89. The van der Waals surface area contributed by atoms with Crippen molar-refractivity contribution in [3.05, 3.63) is 161 Å². The fourth-order valence-electron chi connectivity index (χ4n) is 6.10. The van der Waals surface area contributed by atoms with Crippen LogP contribution in [0.4, 0.5) is 0 Å². The van der Waals surface area contributed by atoms with Crippen LogP contribution in [0.15, 0.2) is 116 Å². The molecule has 0 heterocycles. The van der Waals surface area contributed by atoms with E-state index < -0.39 is 0 Å². The van der Waals surface area contributed by atoms with E-state index in [9.17, 15) is 0 Å². The van der Waals surface area contributed by atoms with Crippen molar-refractivity contribution in [1.29, 1.82) is 0 Å². The lowest BCUT2D eigenvalue weighted by atomic mass is 9.68. The molecular formula is C34H22. The van der Waals surface area contributed by atoms with Crippen molar-refractivity contribution in [3.63, 3.8) is 0 Å². The van der Waals surface area contributed by atoms with Crippen LogP contribution in [-0.4, -0.2) is 0 Å².